The van der Waals surface area contributed by atoms with Gasteiger partial charge in [0.1, 0.15) is 0 Å². The van der Waals surface area contributed by atoms with Crippen molar-refractivity contribution in [2.45, 2.75) is 19.8 Å². The largest absolute Gasteiger partial charge is 0.317 e. The molecule has 0 saturated heterocycles. The zero-order valence-electron chi connectivity index (χ0n) is 9.31. The van der Waals surface area contributed by atoms with Gasteiger partial charge in [0.25, 0.3) is 0 Å². The summed E-state index contributed by atoms with van der Waals surface area (Å²) in [7, 11) is 0. The Bertz CT molecular complexity index is 102. The van der Waals surface area contributed by atoms with Crippen LogP contribution in [0.15, 0.2) is 0 Å². The van der Waals surface area contributed by atoms with Crippen molar-refractivity contribution in [2.75, 3.05) is 45.8 Å². The second-order valence-electron chi connectivity index (χ2n) is 3.45. The molecule has 0 fully saturated rings. The number of nitrogens with one attached hydrogen (secondary N) is 3. The lowest BCUT2D eigenvalue weighted by molar-refractivity contribution is 0.281. The first-order valence-corrected chi connectivity index (χ1v) is 5.57. The SMILES string of the molecule is CCCNCCCN(CC[NH])CC[NH]. The molecule has 0 amide bonds. The third-order valence-corrected chi connectivity index (χ3v) is 2.11. The van der Waals surface area contributed by atoms with Gasteiger partial charge >= 0.3 is 0 Å². The van der Waals surface area contributed by atoms with E-state index in [9.17, 15) is 0 Å². The van der Waals surface area contributed by atoms with E-state index < -0.39 is 0 Å². The van der Waals surface area contributed by atoms with Gasteiger partial charge in [0.05, 0.1) is 0 Å². The number of nitrogens with zero attached hydrogens (tertiary/aromatic N) is 1. The molecule has 0 aromatic heterocycles. The van der Waals surface area contributed by atoms with Crippen LogP contribution in [0.25, 0.3) is 0 Å². The van der Waals surface area contributed by atoms with E-state index >= 15 is 0 Å². The minimum absolute atomic E-state index is 0.447. The summed E-state index contributed by atoms with van der Waals surface area (Å²) in [5, 5.41) is 3.35. The van der Waals surface area contributed by atoms with E-state index in [0.29, 0.717) is 13.1 Å². The Hall–Kier alpha value is -0.160. The Morgan fingerprint density at radius 3 is 2.14 bits per heavy atom. The predicted molar refractivity (Wildman–Crippen MR) is 60.1 cm³/mol. The van der Waals surface area contributed by atoms with Crippen molar-refractivity contribution in [3.63, 3.8) is 0 Å². The second kappa shape index (κ2) is 10.9. The summed E-state index contributed by atoms with van der Waals surface area (Å²) in [6, 6.07) is 0. The van der Waals surface area contributed by atoms with E-state index in [1.807, 2.05) is 0 Å². The molecule has 84 valence electrons. The Morgan fingerprint density at radius 1 is 1.00 bits per heavy atom. The van der Waals surface area contributed by atoms with Gasteiger partial charge in [-0.1, -0.05) is 6.92 Å². The maximum absolute atomic E-state index is 7.14. The average molecular weight is 200 g/mol. The maximum Gasteiger partial charge on any atom is 0.0228 e. The van der Waals surface area contributed by atoms with Crippen molar-refractivity contribution in [3.05, 3.63) is 0 Å². The molecule has 0 spiro atoms. The lowest BCUT2D eigenvalue weighted by atomic mass is 10.3. The van der Waals surface area contributed by atoms with Crippen LogP contribution in [-0.4, -0.2) is 50.7 Å². The second-order valence-corrected chi connectivity index (χ2v) is 3.45. The Labute approximate surface area is 88.0 Å². The molecule has 0 heterocycles. The van der Waals surface area contributed by atoms with Gasteiger partial charge in [-0.2, -0.15) is 0 Å². The van der Waals surface area contributed by atoms with E-state index in [0.717, 1.165) is 39.1 Å². The third kappa shape index (κ3) is 8.44. The van der Waals surface area contributed by atoms with Crippen molar-refractivity contribution >= 4 is 0 Å². The molecule has 0 aliphatic carbocycles. The standard InChI is InChI=1S/C10H24N4/c1-2-6-13-7-3-8-14(9-4-11)10-5-12/h11-13H,2-10H2,1H3. The molecule has 4 nitrogen and oxygen atoms in total. The molecule has 0 aromatic carbocycles. The summed E-state index contributed by atoms with van der Waals surface area (Å²) < 4.78 is 0. The van der Waals surface area contributed by atoms with Gasteiger partial charge in [0, 0.05) is 26.2 Å². The number of rotatable bonds is 10. The molecule has 0 aliphatic heterocycles. The first-order chi connectivity index (χ1) is 6.85. The smallest absolute Gasteiger partial charge is 0.0228 e. The average Bonchev–Trinajstić information content (AvgIpc) is 2.18. The summed E-state index contributed by atoms with van der Waals surface area (Å²) in [5.41, 5.74) is 14.3. The molecule has 0 unspecified atom stereocenters. The summed E-state index contributed by atoms with van der Waals surface area (Å²) in [6.07, 6.45) is 2.31. The molecule has 4 heteroatoms. The van der Waals surface area contributed by atoms with Gasteiger partial charge in [0.2, 0.25) is 0 Å². The minimum atomic E-state index is 0.447. The topological polar surface area (TPSA) is 62.9 Å². The first kappa shape index (κ1) is 13.8. The molecular weight excluding hydrogens is 176 g/mol. The van der Waals surface area contributed by atoms with Crippen LogP contribution in [0.2, 0.25) is 0 Å². The third-order valence-electron chi connectivity index (χ3n) is 2.11. The quantitative estimate of drug-likeness (QED) is 0.514. The van der Waals surface area contributed by atoms with Crippen molar-refractivity contribution in [1.29, 1.82) is 0 Å². The van der Waals surface area contributed by atoms with E-state index in [1.54, 1.807) is 0 Å². The number of hydrogen-bond donors (Lipinski definition) is 1. The van der Waals surface area contributed by atoms with E-state index in [-0.39, 0.29) is 0 Å². The molecule has 0 atom stereocenters. The van der Waals surface area contributed by atoms with Crippen molar-refractivity contribution < 1.29 is 0 Å². The van der Waals surface area contributed by atoms with Crippen LogP contribution in [-0.2, 0) is 0 Å². The van der Waals surface area contributed by atoms with Gasteiger partial charge in [-0.25, -0.2) is 0 Å². The zero-order valence-corrected chi connectivity index (χ0v) is 9.31. The Balaban J connectivity index is 3.30. The fourth-order valence-corrected chi connectivity index (χ4v) is 1.38. The highest BCUT2D eigenvalue weighted by molar-refractivity contribution is 4.59. The molecule has 0 aliphatic rings. The Morgan fingerprint density at radius 2 is 1.64 bits per heavy atom. The molecular formula is C10H24N4. The van der Waals surface area contributed by atoms with Crippen molar-refractivity contribution in [1.82, 2.24) is 21.7 Å². The molecule has 0 aromatic rings. The van der Waals surface area contributed by atoms with Gasteiger partial charge in [0.15, 0.2) is 0 Å². The van der Waals surface area contributed by atoms with Crippen LogP contribution in [0, 0.1) is 0 Å². The van der Waals surface area contributed by atoms with Crippen LogP contribution in [0.1, 0.15) is 19.8 Å². The van der Waals surface area contributed by atoms with Crippen LogP contribution >= 0.6 is 0 Å². The van der Waals surface area contributed by atoms with Crippen LogP contribution in [0.5, 0.6) is 0 Å². The summed E-state index contributed by atoms with van der Waals surface area (Å²) in [5.74, 6) is 0. The first-order valence-electron chi connectivity index (χ1n) is 5.57. The lowest BCUT2D eigenvalue weighted by Gasteiger charge is -2.20. The fraction of sp³-hybridized carbons (Fsp3) is 1.00. The highest BCUT2D eigenvalue weighted by atomic mass is 15.1. The molecule has 0 rings (SSSR count). The lowest BCUT2D eigenvalue weighted by Crippen LogP contribution is -2.33. The minimum Gasteiger partial charge on any atom is -0.317 e. The molecule has 0 bridgehead atoms. The Kier molecular flexibility index (Phi) is 10.8. The maximum atomic E-state index is 7.14. The number of hydrogen-bond acceptors (Lipinski definition) is 2. The molecule has 14 heavy (non-hydrogen) atoms. The predicted octanol–water partition coefficient (Wildman–Crippen LogP) is 0.244. The van der Waals surface area contributed by atoms with Crippen LogP contribution in [0.4, 0.5) is 0 Å². The highest BCUT2D eigenvalue weighted by Crippen LogP contribution is 1.89. The summed E-state index contributed by atoms with van der Waals surface area (Å²) in [4.78, 5) is 2.20. The molecule has 3 N–H and O–H groups in total. The monoisotopic (exact) mass is 200 g/mol. The fourth-order valence-electron chi connectivity index (χ4n) is 1.38. The van der Waals surface area contributed by atoms with E-state index in [1.165, 1.54) is 6.42 Å². The van der Waals surface area contributed by atoms with Crippen LogP contribution < -0.4 is 16.8 Å². The van der Waals surface area contributed by atoms with Crippen LogP contribution in [0.3, 0.4) is 0 Å². The summed E-state index contributed by atoms with van der Waals surface area (Å²) in [6.45, 7) is 7.86. The van der Waals surface area contributed by atoms with Gasteiger partial charge in [-0.05, 0) is 32.5 Å². The zero-order chi connectivity index (χ0) is 10.6. The van der Waals surface area contributed by atoms with E-state index in [2.05, 4.69) is 17.1 Å². The van der Waals surface area contributed by atoms with Crippen molar-refractivity contribution in [2.24, 2.45) is 0 Å². The normalized spacial score (nSPS) is 11.1. The van der Waals surface area contributed by atoms with Gasteiger partial charge in [-0.15, -0.1) is 0 Å². The highest BCUT2D eigenvalue weighted by Gasteiger charge is 2.01. The van der Waals surface area contributed by atoms with E-state index in [4.69, 9.17) is 11.5 Å². The van der Waals surface area contributed by atoms with Gasteiger partial charge < -0.3 is 10.2 Å². The summed E-state index contributed by atoms with van der Waals surface area (Å²) >= 11 is 0. The van der Waals surface area contributed by atoms with Gasteiger partial charge in [-0.3, -0.25) is 11.5 Å². The molecule has 0 saturated carbocycles. The van der Waals surface area contributed by atoms with Crippen molar-refractivity contribution in [3.8, 4) is 0 Å². The molecule has 2 radical (unpaired) electrons.